The first-order valence-electron chi connectivity index (χ1n) is 8.08. The molecular weight excluding hydrogens is 322 g/mol. The monoisotopic (exact) mass is 349 g/mol. The second kappa shape index (κ2) is 7.60. The number of aryl methyl sites for hydroxylation is 1. The zero-order valence-electron chi connectivity index (χ0n) is 16.0. The van der Waals surface area contributed by atoms with Crippen LogP contribution >= 0.6 is 0 Å². The van der Waals surface area contributed by atoms with Crippen molar-refractivity contribution in [2.75, 3.05) is 0 Å². The molecule has 1 rings (SSSR count). The minimum atomic E-state index is -0.914. The van der Waals surface area contributed by atoms with Gasteiger partial charge in [-0.3, -0.25) is 0 Å². The van der Waals surface area contributed by atoms with Crippen molar-refractivity contribution < 1.29 is 19.1 Å². The number of carbonyl (C=O) groups is 2. The van der Waals surface area contributed by atoms with Gasteiger partial charge < -0.3 is 19.4 Å². The standard InChI is InChI=1S/C18H27N3O4/c1-17(2,3)24-15(22)14(20-16(23)25-18(4,5)6)9-12-8-13(10-19)21(7)11-12/h8,11,14H,9H2,1-7H3,(H,20,23)/t14-/m0/s1. The highest BCUT2D eigenvalue weighted by Crippen LogP contribution is 2.14. The van der Waals surface area contributed by atoms with Gasteiger partial charge >= 0.3 is 12.1 Å². The number of hydrogen-bond acceptors (Lipinski definition) is 5. The normalized spacial score (nSPS) is 12.9. The second-order valence-electron chi connectivity index (χ2n) is 7.89. The lowest BCUT2D eigenvalue weighted by Crippen LogP contribution is -2.47. The Labute approximate surface area is 148 Å². The summed E-state index contributed by atoms with van der Waals surface area (Å²) >= 11 is 0. The summed E-state index contributed by atoms with van der Waals surface area (Å²) in [6, 6.07) is 2.82. The Morgan fingerprint density at radius 1 is 1.20 bits per heavy atom. The van der Waals surface area contributed by atoms with Crippen LogP contribution in [0.3, 0.4) is 0 Å². The molecule has 0 saturated heterocycles. The van der Waals surface area contributed by atoms with Crippen molar-refractivity contribution in [1.82, 2.24) is 9.88 Å². The molecule has 0 radical (unpaired) electrons. The molecule has 25 heavy (non-hydrogen) atoms. The van der Waals surface area contributed by atoms with Gasteiger partial charge in [-0.25, -0.2) is 9.59 Å². The number of nitrogens with one attached hydrogen (secondary N) is 1. The van der Waals surface area contributed by atoms with Gasteiger partial charge in [0.05, 0.1) is 0 Å². The van der Waals surface area contributed by atoms with Crippen LogP contribution in [0, 0.1) is 11.3 Å². The van der Waals surface area contributed by atoms with Crippen molar-refractivity contribution in [1.29, 1.82) is 5.26 Å². The Morgan fingerprint density at radius 3 is 2.20 bits per heavy atom. The van der Waals surface area contributed by atoms with E-state index in [4.69, 9.17) is 14.7 Å². The van der Waals surface area contributed by atoms with Gasteiger partial charge in [0, 0.05) is 19.7 Å². The molecule has 0 aliphatic carbocycles. The van der Waals surface area contributed by atoms with Crippen molar-refractivity contribution in [2.45, 2.75) is 65.2 Å². The highest BCUT2D eigenvalue weighted by Gasteiger charge is 2.29. The highest BCUT2D eigenvalue weighted by atomic mass is 16.6. The molecule has 1 aromatic heterocycles. The van der Waals surface area contributed by atoms with E-state index < -0.39 is 29.3 Å². The number of rotatable bonds is 4. The molecular formula is C18H27N3O4. The third kappa shape index (κ3) is 7.29. The van der Waals surface area contributed by atoms with E-state index in [1.54, 1.807) is 65.4 Å². The molecule has 0 aromatic carbocycles. The topological polar surface area (TPSA) is 93.3 Å². The highest BCUT2D eigenvalue weighted by molar-refractivity contribution is 5.82. The number of hydrogen-bond donors (Lipinski definition) is 1. The molecule has 0 spiro atoms. The minimum absolute atomic E-state index is 0.198. The molecule has 0 unspecified atom stereocenters. The first-order valence-corrected chi connectivity index (χ1v) is 8.08. The van der Waals surface area contributed by atoms with Gasteiger partial charge in [0.15, 0.2) is 0 Å². The summed E-state index contributed by atoms with van der Waals surface area (Å²) in [4.78, 5) is 24.5. The summed E-state index contributed by atoms with van der Waals surface area (Å²) in [5.74, 6) is -0.555. The van der Waals surface area contributed by atoms with E-state index in [-0.39, 0.29) is 6.42 Å². The van der Waals surface area contributed by atoms with Gasteiger partial charge in [0.1, 0.15) is 29.0 Å². The molecule has 0 aliphatic rings. The first kappa shape index (κ1) is 20.6. The SMILES string of the molecule is Cn1cc(C[C@H](NC(=O)OC(C)(C)C)C(=O)OC(C)(C)C)cc1C#N. The molecule has 138 valence electrons. The van der Waals surface area contributed by atoms with Crippen molar-refractivity contribution >= 4 is 12.1 Å². The van der Waals surface area contributed by atoms with E-state index in [1.807, 2.05) is 0 Å². The summed E-state index contributed by atoms with van der Waals surface area (Å²) in [6.07, 6.45) is 1.25. The molecule has 1 atom stereocenters. The van der Waals surface area contributed by atoms with Gasteiger partial charge in [0.2, 0.25) is 0 Å². The fourth-order valence-electron chi connectivity index (χ4n) is 2.11. The predicted molar refractivity (Wildman–Crippen MR) is 92.8 cm³/mol. The van der Waals surface area contributed by atoms with E-state index in [0.717, 1.165) is 5.56 Å². The van der Waals surface area contributed by atoms with Crippen LogP contribution in [0.2, 0.25) is 0 Å². The lowest BCUT2D eigenvalue weighted by atomic mass is 10.1. The number of esters is 1. The number of nitrogens with zero attached hydrogens (tertiary/aromatic N) is 2. The van der Waals surface area contributed by atoms with Gasteiger partial charge in [-0.15, -0.1) is 0 Å². The molecule has 1 aromatic rings. The Morgan fingerprint density at radius 2 is 1.76 bits per heavy atom. The predicted octanol–water partition coefficient (Wildman–Crippen LogP) is 2.67. The van der Waals surface area contributed by atoms with E-state index in [9.17, 15) is 9.59 Å². The summed E-state index contributed by atoms with van der Waals surface area (Å²) in [5.41, 5.74) is -0.149. The van der Waals surface area contributed by atoms with Gasteiger partial charge in [-0.2, -0.15) is 5.26 Å². The van der Waals surface area contributed by atoms with E-state index >= 15 is 0 Å². The van der Waals surface area contributed by atoms with Crippen molar-refractivity contribution in [3.63, 3.8) is 0 Å². The average Bonchev–Trinajstić information content (AvgIpc) is 2.73. The number of alkyl carbamates (subject to hydrolysis) is 1. The van der Waals surface area contributed by atoms with Gasteiger partial charge in [-0.1, -0.05) is 0 Å². The number of carbonyl (C=O) groups excluding carboxylic acids is 2. The van der Waals surface area contributed by atoms with Crippen molar-refractivity contribution in [3.05, 3.63) is 23.5 Å². The van der Waals surface area contributed by atoms with Crippen LogP contribution in [0.25, 0.3) is 0 Å². The molecule has 1 amide bonds. The summed E-state index contributed by atoms with van der Waals surface area (Å²) in [6.45, 7) is 10.5. The maximum atomic E-state index is 12.5. The van der Waals surface area contributed by atoms with E-state index in [1.165, 1.54) is 0 Å². The van der Waals surface area contributed by atoms with Crippen LogP contribution in [0.4, 0.5) is 4.79 Å². The van der Waals surface area contributed by atoms with E-state index in [2.05, 4.69) is 11.4 Å². The first-order chi connectivity index (χ1) is 11.3. The molecule has 0 fully saturated rings. The average molecular weight is 349 g/mol. The van der Waals surface area contributed by atoms with Crippen LogP contribution < -0.4 is 5.32 Å². The zero-order chi connectivity index (χ0) is 19.4. The Kier molecular flexibility index (Phi) is 6.25. The minimum Gasteiger partial charge on any atom is -0.458 e. The van der Waals surface area contributed by atoms with Crippen molar-refractivity contribution in [2.24, 2.45) is 7.05 Å². The fourth-order valence-corrected chi connectivity index (χ4v) is 2.11. The van der Waals surface area contributed by atoms with E-state index in [0.29, 0.717) is 5.69 Å². The van der Waals surface area contributed by atoms with Crippen LogP contribution in [0.15, 0.2) is 12.3 Å². The summed E-state index contributed by atoms with van der Waals surface area (Å²) in [7, 11) is 1.74. The van der Waals surface area contributed by atoms with Crippen LogP contribution in [0.5, 0.6) is 0 Å². The molecule has 1 N–H and O–H groups in total. The summed E-state index contributed by atoms with van der Waals surface area (Å²) < 4.78 is 12.3. The van der Waals surface area contributed by atoms with Crippen LogP contribution in [-0.2, 0) is 27.7 Å². The number of nitriles is 1. The molecule has 1 heterocycles. The molecule has 0 aliphatic heterocycles. The second-order valence-corrected chi connectivity index (χ2v) is 7.89. The Hall–Kier alpha value is -2.49. The van der Waals surface area contributed by atoms with Crippen LogP contribution in [0.1, 0.15) is 52.8 Å². The fraction of sp³-hybridized carbons (Fsp3) is 0.611. The van der Waals surface area contributed by atoms with Crippen molar-refractivity contribution in [3.8, 4) is 6.07 Å². The number of ether oxygens (including phenoxy) is 2. The smallest absolute Gasteiger partial charge is 0.408 e. The molecule has 7 heteroatoms. The third-order valence-corrected chi connectivity index (χ3v) is 3.00. The van der Waals surface area contributed by atoms with Crippen LogP contribution in [-0.4, -0.2) is 33.9 Å². The zero-order valence-corrected chi connectivity index (χ0v) is 16.0. The maximum absolute atomic E-state index is 12.5. The van der Waals surface area contributed by atoms with Gasteiger partial charge in [-0.05, 0) is 53.2 Å². The molecule has 7 nitrogen and oxygen atoms in total. The Balaban J connectivity index is 2.96. The molecule has 0 bridgehead atoms. The number of aromatic nitrogens is 1. The third-order valence-electron chi connectivity index (χ3n) is 3.00. The largest absolute Gasteiger partial charge is 0.458 e. The lowest BCUT2D eigenvalue weighted by Gasteiger charge is -2.26. The Bertz CT molecular complexity index is 672. The maximum Gasteiger partial charge on any atom is 0.408 e. The number of amides is 1. The lowest BCUT2D eigenvalue weighted by molar-refractivity contribution is -0.157. The quantitative estimate of drug-likeness (QED) is 0.844. The summed E-state index contributed by atoms with van der Waals surface area (Å²) in [5, 5.41) is 11.6. The van der Waals surface area contributed by atoms with Gasteiger partial charge in [0.25, 0.3) is 0 Å². The molecule has 0 saturated carbocycles.